The molecule has 1 amide bonds. The van der Waals surface area contributed by atoms with Gasteiger partial charge in [0.05, 0.1) is 0 Å². The van der Waals surface area contributed by atoms with Crippen molar-refractivity contribution in [2.75, 3.05) is 25.1 Å². The number of hydrogen-bond acceptors (Lipinski definition) is 6. The molecule has 0 radical (unpaired) electrons. The van der Waals surface area contributed by atoms with Gasteiger partial charge in [-0.2, -0.15) is 0 Å². The normalized spacial score (nSPS) is 19.5. The second-order valence-corrected chi connectivity index (χ2v) is 5.98. The van der Waals surface area contributed by atoms with E-state index in [0.29, 0.717) is 23.3 Å². The maximum Gasteiger partial charge on any atom is 0.273 e. The average Bonchev–Trinajstić information content (AvgIpc) is 2.94. The highest BCUT2D eigenvalue weighted by molar-refractivity contribution is 8.00. The van der Waals surface area contributed by atoms with Gasteiger partial charge in [-0.3, -0.25) is 4.79 Å². The Kier molecular flexibility index (Phi) is 4.25. The van der Waals surface area contributed by atoms with Crippen molar-refractivity contribution in [2.24, 2.45) is 0 Å². The Bertz CT molecular complexity index is 401. The number of nitrogens with zero attached hydrogens (tertiary/aromatic N) is 1. The SMILES string of the molecule is CSc1nc(C(=O)NC[C@@H]2CCCN2)c(N)s1. The lowest BCUT2D eigenvalue weighted by Crippen LogP contribution is -2.37. The Morgan fingerprint density at radius 1 is 1.76 bits per heavy atom. The van der Waals surface area contributed by atoms with Crippen LogP contribution in [-0.4, -0.2) is 36.3 Å². The van der Waals surface area contributed by atoms with Crippen LogP contribution < -0.4 is 16.4 Å². The molecular weight excluding hydrogens is 256 g/mol. The summed E-state index contributed by atoms with van der Waals surface area (Å²) in [6, 6.07) is 0.388. The van der Waals surface area contributed by atoms with Crippen molar-refractivity contribution >= 4 is 34.0 Å². The summed E-state index contributed by atoms with van der Waals surface area (Å²) in [6.07, 6.45) is 4.21. The average molecular weight is 272 g/mol. The first-order valence-electron chi connectivity index (χ1n) is 5.52. The number of rotatable bonds is 4. The Morgan fingerprint density at radius 2 is 2.59 bits per heavy atom. The number of thioether (sulfide) groups is 1. The molecule has 17 heavy (non-hydrogen) atoms. The van der Waals surface area contributed by atoms with Gasteiger partial charge in [-0.05, 0) is 25.6 Å². The van der Waals surface area contributed by atoms with Gasteiger partial charge >= 0.3 is 0 Å². The second-order valence-electron chi connectivity index (χ2n) is 3.90. The molecule has 0 unspecified atom stereocenters. The van der Waals surface area contributed by atoms with Gasteiger partial charge in [0.25, 0.3) is 5.91 Å². The smallest absolute Gasteiger partial charge is 0.273 e. The van der Waals surface area contributed by atoms with E-state index in [1.807, 2.05) is 6.26 Å². The summed E-state index contributed by atoms with van der Waals surface area (Å²) >= 11 is 2.85. The van der Waals surface area contributed by atoms with Crippen LogP contribution in [0.1, 0.15) is 23.3 Å². The summed E-state index contributed by atoms with van der Waals surface area (Å²) in [5.41, 5.74) is 6.13. The molecule has 1 aliphatic rings. The number of carbonyl (C=O) groups excluding carboxylic acids is 1. The highest BCUT2D eigenvalue weighted by Gasteiger charge is 2.19. The van der Waals surface area contributed by atoms with Gasteiger partial charge in [-0.15, -0.1) is 0 Å². The molecule has 1 aromatic rings. The van der Waals surface area contributed by atoms with Crippen molar-refractivity contribution < 1.29 is 4.79 Å². The van der Waals surface area contributed by atoms with E-state index in [1.165, 1.54) is 29.5 Å². The highest BCUT2D eigenvalue weighted by Crippen LogP contribution is 2.27. The van der Waals surface area contributed by atoms with Crippen LogP contribution in [0.15, 0.2) is 4.34 Å². The lowest BCUT2D eigenvalue weighted by Gasteiger charge is -2.10. The number of carbonyl (C=O) groups is 1. The Hall–Kier alpha value is -0.790. The van der Waals surface area contributed by atoms with Crippen molar-refractivity contribution in [1.29, 1.82) is 0 Å². The molecule has 0 spiro atoms. The highest BCUT2D eigenvalue weighted by atomic mass is 32.2. The first-order chi connectivity index (χ1) is 8.20. The third kappa shape index (κ3) is 3.11. The van der Waals surface area contributed by atoms with Crippen molar-refractivity contribution in [2.45, 2.75) is 23.2 Å². The van der Waals surface area contributed by atoms with E-state index in [1.54, 1.807) is 0 Å². The minimum absolute atomic E-state index is 0.173. The third-order valence-electron chi connectivity index (χ3n) is 2.69. The van der Waals surface area contributed by atoms with Gasteiger partial charge in [-0.1, -0.05) is 23.1 Å². The fraction of sp³-hybridized carbons (Fsp3) is 0.600. The summed E-state index contributed by atoms with van der Waals surface area (Å²) in [6.45, 7) is 1.68. The minimum atomic E-state index is -0.173. The number of nitrogens with two attached hydrogens (primary N) is 1. The van der Waals surface area contributed by atoms with E-state index >= 15 is 0 Å². The predicted octanol–water partition coefficient (Wildman–Crippen LogP) is 0.929. The first-order valence-corrected chi connectivity index (χ1v) is 7.56. The molecule has 0 bridgehead atoms. The van der Waals surface area contributed by atoms with Crippen molar-refractivity contribution in [3.05, 3.63) is 5.69 Å². The van der Waals surface area contributed by atoms with E-state index in [4.69, 9.17) is 5.73 Å². The van der Waals surface area contributed by atoms with Crippen LogP contribution in [0.5, 0.6) is 0 Å². The second kappa shape index (κ2) is 5.70. The summed E-state index contributed by atoms with van der Waals surface area (Å²) in [5.74, 6) is -0.173. The molecule has 0 aromatic carbocycles. The number of anilines is 1. The molecule has 0 saturated carbocycles. The maximum atomic E-state index is 11.9. The fourth-order valence-electron chi connectivity index (χ4n) is 1.79. The Morgan fingerprint density at radius 3 is 3.18 bits per heavy atom. The van der Waals surface area contributed by atoms with Gasteiger partial charge in [-0.25, -0.2) is 4.98 Å². The van der Waals surface area contributed by atoms with Crippen LogP contribution in [0.4, 0.5) is 5.00 Å². The molecule has 1 saturated heterocycles. The number of nitrogens with one attached hydrogen (secondary N) is 2. The quantitative estimate of drug-likeness (QED) is 0.711. The van der Waals surface area contributed by atoms with Crippen molar-refractivity contribution in [3.8, 4) is 0 Å². The van der Waals surface area contributed by atoms with Gasteiger partial charge in [0.15, 0.2) is 10.0 Å². The van der Waals surface area contributed by atoms with Crippen LogP contribution in [0.25, 0.3) is 0 Å². The van der Waals surface area contributed by atoms with E-state index < -0.39 is 0 Å². The molecular formula is C10H16N4OS2. The molecule has 0 aliphatic carbocycles. The van der Waals surface area contributed by atoms with E-state index in [9.17, 15) is 4.79 Å². The van der Waals surface area contributed by atoms with Gasteiger partial charge in [0.2, 0.25) is 0 Å². The molecule has 1 aliphatic heterocycles. The van der Waals surface area contributed by atoms with Crippen LogP contribution in [0.3, 0.4) is 0 Å². The van der Waals surface area contributed by atoms with Gasteiger partial charge in [0, 0.05) is 12.6 Å². The van der Waals surface area contributed by atoms with Crippen molar-refractivity contribution in [3.63, 3.8) is 0 Å². The number of thiazole rings is 1. The van der Waals surface area contributed by atoms with Crippen molar-refractivity contribution in [1.82, 2.24) is 15.6 Å². The lowest BCUT2D eigenvalue weighted by atomic mass is 10.2. The van der Waals surface area contributed by atoms with Crippen LogP contribution in [0, 0.1) is 0 Å². The topological polar surface area (TPSA) is 80.0 Å². The summed E-state index contributed by atoms with van der Waals surface area (Å²) in [5, 5.41) is 6.69. The largest absolute Gasteiger partial charge is 0.389 e. The molecule has 2 rings (SSSR count). The molecule has 2 heterocycles. The number of nitrogen functional groups attached to an aromatic ring is 1. The molecule has 4 N–H and O–H groups in total. The van der Waals surface area contributed by atoms with Crippen LogP contribution >= 0.6 is 23.1 Å². The number of amides is 1. The molecule has 1 aromatic heterocycles. The monoisotopic (exact) mass is 272 g/mol. The van der Waals surface area contributed by atoms with Crippen LogP contribution in [-0.2, 0) is 0 Å². The Balaban J connectivity index is 1.91. The lowest BCUT2D eigenvalue weighted by molar-refractivity contribution is 0.0946. The first kappa shape index (κ1) is 12.7. The molecule has 7 heteroatoms. The van der Waals surface area contributed by atoms with Gasteiger partial charge in [0.1, 0.15) is 5.00 Å². The van der Waals surface area contributed by atoms with Gasteiger partial charge < -0.3 is 16.4 Å². The Labute approximate surface area is 109 Å². The summed E-state index contributed by atoms with van der Waals surface area (Å²) in [7, 11) is 0. The molecule has 94 valence electrons. The fourth-order valence-corrected chi connectivity index (χ4v) is 3.14. The van der Waals surface area contributed by atoms with E-state index in [-0.39, 0.29) is 5.91 Å². The zero-order valence-electron chi connectivity index (χ0n) is 9.66. The van der Waals surface area contributed by atoms with E-state index in [0.717, 1.165) is 17.3 Å². The van der Waals surface area contributed by atoms with E-state index in [2.05, 4.69) is 15.6 Å². The molecule has 5 nitrogen and oxygen atoms in total. The maximum absolute atomic E-state index is 11.9. The molecule has 1 atom stereocenters. The standard InChI is InChI=1S/C10H16N4OS2/c1-16-10-14-7(8(11)17-10)9(15)13-5-6-3-2-4-12-6/h6,12H,2-5,11H2,1H3,(H,13,15)/t6-/m0/s1. The summed E-state index contributed by atoms with van der Waals surface area (Å²) < 4.78 is 0.826. The summed E-state index contributed by atoms with van der Waals surface area (Å²) in [4.78, 5) is 16.1. The number of hydrogen-bond donors (Lipinski definition) is 3. The zero-order valence-corrected chi connectivity index (χ0v) is 11.3. The number of aromatic nitrogens is 1. The third-order valence-corrected chi connectivity index (χ3v) is 4.56. The minimum Gasteiger partial charge on any atom is -0.389 e. The van der Waals surface area contributed by atoms with Crippen LogP contribution in [0.2, 0.25) is 0 Å². The predicted molar refractivity (Wildman–Crippen MR) is 71.7 cm³/mol. The zero-order chi connectivity index (χ0) is 12.3. The molecule has 1 fully saturated rings.